The molecule has 0 spiro atoms. The summed E-state index contributed by atoms with van der Waals surface area (Å²) in [6.07, 6.45) is 1.71. The molecule has 0 aliphatic carbocycles. The first kappa shape index (κ1) is 15.4. The molecule has 0 amide bonds. The predicted molar refractivity (Wildman–Crippen MR) is 83.7 cm³/mol. The van der Waals surface area contributed by atoms with Crippen LogP contribution in [-0.4, -0.2) is 41.9 Å². The Hall–Kier alpha value is -1.99. The van der Waals surface area contributed by atoms with Crippen molar-refractivity contribution in [3.8, 4) is 11.5 Å². The van der Waals surface area contributed by atoms with Gasteiger partial charge < -0.3 is 29.9 Å². The summed E-state index contributed by atoms with van der Waals surface area (Å²) < 4.78 is 11.0. The van der Waals surface area contributed by atoms with E-state index >= 15 is 0 Å². The fourth-order valence-corrected chi connectivity index (χ4v) is 2.14. The summed E-state index contributed by atoms with van der Waals surface area (Å²) >= 11 is 4.95. The van der Waals surface area contributed by atoms with Crippen molar-refractivity contribution in [1.82, 2.24) is 9.97 Å². The summed E-state index contributed by atoms with van der Waals surface area (Å²) in [5.74, 6) is 1.39. The lowest BCUT2D eigenvalue weighted by molar-refractivity contribution is 0.187. The van der Waals surface area contributed by atoms with Crippen LogP contribution in [0, 0.1) is 4.77 Å². The normalized spacial score (nSPS) is 12.0. The molecule has 1 heterocycles. The van der Waals surface area contributed by atoms with Gasteiger partial charge in [0.2, 0.25) is 0 Å². The Morgan fingerprint density at radius 3 is 2.43 bits per heavy atom. The second kappa shape index (κ2) is 7.14. The zero-order valence-electron chi connectivity index (χ0n) is 12.0. The van der Waals surface area contributed by atoms with E-state index in [0.717, 1.165) is 11.4 Å². The molecule has 0 bridgehead atoms. The highest BCUT2D eigenvalue weighted by molar-refractivity contribution is 7.71. The first-order valence-corrected chi connectivity index (χ1v) is 6.93. The van der Waals surface area contributed by atoms with Crippen LogP contribution < -0.4 is 14.8 Å². The van der Waals surface area contributed by atoms with Gasteiger partial charge in [-0.2, -0.15) is 0 Å². The van der Waals surface area contributed by atoms with Gasteiger partial charge in [0.1, 0.15) is 11.5 Å². The molecule has 6 nitrogen and oxygen atoms in total. The number of imidazole rings is 1. The highest BCUT2D eigenvalue weighted by atomic mass is 32.1. The molecule has 0 aliphatic rings. The van der Waals surface area contributed by atoms with Crippen LogP contribution in [0.1, 0.15) is 5.69 Å². The van der Waals surface area contributed by atoms with Gasteiger partial charge in [-0.3, -0.25) is 0 Å². The number of hydrogen-bond donors (Lipinski definition) is 4. The maximum atomic E-state index is 10.0. The fraction of sp³-hybridized carbons (Fsp3) is 0.357. The predicted octanol–water partition coefficient (Wildman–Crippen LogP) is 2.10. The quantitative estimate of drug-likeness (QED) is 0.589. The van der Waals surface area contributed by atoms with Gasteiger partial charge in [-0.1, -0.05) is 0 Å². The molecule has 7 heteroatoms. The Labute approximate surface area is 128 Å². The maximum absolute atomic E-state index is 10.0. The Bertz CT molecular complexity index is 616. The topological polar surface area (TPSA) is 82.3 Å². The molecule has 0 radical (unpaired) electrons. The third kappa shape index (κ3) is 4.51. The lowest BCUT2D eigenvalue weighted by atomic mass is 10.2. The molecule has 21 heavy (non-hydrogen) atoms. The lowest BCUT2D eigenvalue weighted by Gasteiger charge is -2.14. The van der Waals surface area contributed by atoms with E-state index in [4.69, 9.17) is 21.7 Å². The van der Waals surface area contributed by atoms with Crippen molar-refractivity contribution in [2.24, 2.45) is 0 Å². The van der Waals surface area contributed by atoms with Crippen molar-refractivity contribution in [2.75, 3.05) is 26.1 Å². The molecule has 0 fully saturated rings. The standard InChI is InChI=1S/C14H19N3O3S/c1-19-12-4-9(5-13(6-12)20-2)15-8-11(18)3-10-7-16-14(21)17-10/h4-7,11,15,18H,3,8H2,1-2H3,(H2,16,17,21). The van der Waals surface area contributed by atoms with Crippen molar-refractivity contribution < 1.29 is 14.6 Å². The summed E-state index contributed by atoms with van der Waals surface area (Å²) in [7, 11) is 3.20. The number of ether oxygens (including phenoxy) is 2. The molecule has 1 aromatic carbocycles. The van der Waals surface area contributed by atoms with Crippen LogP contribution in [0.15, 0.2) is 24.4 Å². The summed E-state index contributed by atoms with van der Waals surface area (Å²) in [5.41, 5.74) is 1.70. The van der Waals surface area contributed by atoms with Crippen LogP contribution in [-0.2, 0) is 6.42 Å². The number of H-pyrrole nitrogens is 2. The minimum atomic E-state index is -0.538. The van der Waals surface area contributed by atoms with Gasteiger partial charge in [0, 0.05) is 48.7 Å². The number of aromatic amines is 2. The van der Waals surface area contributed by atoms with Crippen LogP contribution in [0.2, 0.25) is 0 Å². The van der Waals surface area contributed by atoms with Crippen molar-refractivity contribution in [3.05, 3.63) is 34.9 Å². The van der Waals surface area contributed by atoms with Gasteiger partial charge in [-0.25, -0.2) is 0 Å². The van der Waals surface area contributed by atoms with E-state index < -0.39 is 6.10 Å². The Morgan fingerprint density at radius 2 is 1.90 bits per heavy atom. The zero-order chi connectivity index (χ0) is 15.2. The van der Waals surface area contributed by atoms with Gasteiger partial charge in [0.25, 0.3) is 0 Å². The molecule has 2 rings (SSSR count). The van der Waals surface area contributed by atoms with Crippen LogP contribution in [0.5, 0.6) is 11.5 Å². The molecule has 2 aromatic rings. The highest BCUT2D eigenvalue weighted by Crippen LogP contribution is 2.25. The van der Waals surface area contributed by atoms with Crippen LogP contribution in [0.3, 0.4) is 0 Å². The SMILES string of the molecule is COc1cc(NCC(O)Cc2c[nH]c(=S)[nH]2)cc(OC)c1. The molecule has 4 N–H and O–H groups in total. The van der Waals surface area contributed by atoms with E-state index in [1.807, 2.05) is 12.1 Å². The average molecular weight is 309 g/mol. The van der Waals surface area contributed by atoms with Crippen molar-refractivity contribution >= 4 is 17.9 Å². The molecule has 0 saturated heterocycles. The number of aliphatic hydroxyl groups excluding tert-OH is 1. The summed E-state index contributed by atoms with van der Waals surface area (Å²) in [5, 5.41) is 13.2. The minimum Gasteiger partial charge on any atom is -0.497 e. The Morgan fingerprint density at radius 1 is 1.24 bits per heavy atom. The molecule has 0 aliphatic heterocycles. The van der Waals surface area contributed by atoms with Crippen molar-refractivity contribution in [3.63, 3.8) is 0 Å². The molecule has 1 aromatic heterocycles. The number of hydrogen-bond acceptors (Lipinski definition) is 5. The number of rotatable bonds is 7. The molecule has 1 unspecified atom stereocenters. The minimum absolute atomic E-state index is 0.405. The number of aliphatic hydroxyl groups is 1. The number of benzene rings is 1. The number of aromatic nitrogens is 2. The van der Waals surface area contributed by atoms with E-state index in [0.29, 0.717) is 29.2 Å². The van der Waals surface area contributed by atoms with E-state index in [2.05, 4.69) is 15.3 Å². The number of anilines is 1. The van der Waals surface area contributed by atoms with Crippen molar-refractivity contribution in [2.45, 2.75) is 12.5 Å². The van der Waals surface area contributed by atoms with Crippen molar-refractivity contribution in [1.29, 1.82) is 0 Å². The average Bonchev–Trinajstić information content (AvgIpc) is 2.89. The molecular weight excluding hydrogens is 290 g/mol. The van der Waals surface area contributed by atoms with Crippen LogP contribution in [0.4, 0.5) is 5.69 Å². The highest BCUT2D eigenvalue weighted by Gasteiger charge is 2.08. The number of methoxy groups -OCH3 is 2. The Balaban J connectivity index is 1.94. The Kier molecular flexibility index (Phi) is 5.24. The molecular formula is C14H19N3O3S. The maximum Gasteiger partial charge on any atom is 0.174 e. The fourth-order valence-electron chi connectivity index (χ4n) is 1.95. The molecule has 114 valence electrons. The van der Waals surface area contributed by atoms with E-state index in [1.165, 1.54) is 0 Å². The van der Waals surface area contributed by atoms with Gasteiger partial charge >= 0.3 is 0 Å². The van der Waals surface area contributed by atoms with E-state index in [1.54, 1.807) is 26.5 Å². The smallest absolute Gasteiger partial charge is 0.174 e. The zero-order valence-corrected chi connectivity index (χ0v) is 12.8. The van der Waals surface area contributed by atoms with Gasteiger partial charge in [-0.05, 0) is 12.2 Å². The third-order valence-corrected chi connectivity index (χ3v) is 3.22. The second-order valence-electron chi connectivity index (χ2n) is 4.61. The first-order chi connectivity index (χ1) is 10.1. The second-order valence-corrected chi connectivity index (χ2v) is 5.02. The summed E-state index contributed by atoms with van der Waals surface area (Å²) in [4.78, 5) is 5.85. The van der Waals surface area contributed by atoms with E-state index in [-0.39, 0.29) is 0 Å². The molecule has 0 saturated carbocycles. The number of nitrogens with one attached hydrogen (secondary N) is 3. The van der Waals surface area contributed by atoms with Gasteiger partial charge in [0.15, 0.2) is 4.77 Å². The van der Waals surface area contributed by atoms with Crippen LogP contribution in [0.25, 0.3) is 0 Å². The summed E-state index contributed by atoms with van der Waals surface area (Å²) in [6, 6.07) is 5.49. The summed E-state index contributed by atoms with van der Waals surface area (Å²) in [6.45, 7) is 0.405. The lowest BCUT2D eigenvalue weighted by Crippen LogP contribution is -2.22. The first-order valence-electron chi connectivity index (χ1n) is 6.52. The largest absolute Gasteiger partial charge is 0.497 e. The molecule has 1 atom stereocenters. The van der Waals surface area contributed by atoms with E-state index in [9.17, 15) is 5.11 Å². The van der Waals surface area contributed by atoms with Gasteiger partial charge in [0.05, 0.1) is 20.3 Å². The third-order valence-electron chi connectivity index (χ3n) is 3.00. The monoisotopic (exact) mass is 309 g/mol. The van der Waals surface area contributed by atoms with Gasteiger partial charge in [-0.15, -0.1) is 0 Å². The van der Waals surface area contributed by atoms with Crippen LogP contribution >= 0.6 is 12.2 Å².